The minimum atomic E-state index is 0.0826. The number of aryl methyl sites for hydroxylation is 1. The molecule has 0 saturated carbocycles. The van der Waals surface area contributed by atoms with Crippen LogP contribution in [-0.2, 0) is 6.42 Å². The number of amides is 1. The number of carbonyl (C=O) groups is 1. The highest BCUT2D eigenvalue weighted by Gasteiger charge is 2.22. The van der Waals surface area contributed by atoms with Gasteiger partial charge in [-0.1, -0.05) is 25.1 Å². The molecular weight excluding hydrogens is 276 g/mol. The molecular formula is C17H22N4O. The molecule has 0 bridgehead atoms. The molecule has 2 heterocycles. The third kappa shape index (κ3) is 2.64. The average molecular weight is 298 g/mol. The molecule has 1 aliphatic heterocycles. The minimum absolute atomic E-state index is 0.0826. The molecule has 0 unspecified atom stereocenters. The Morgan fingerprint density at radius 3 is 2.73 bits per heavy atom. The second kappa shape index (κ2) is 6.32. The number of piperazine rings is 1. The van der Waals surface area contributed by atoms with Gasteiger partial charge in [0.2, 0.25) is 0 Å². The van der Waals surface area contributed by atoms with Gasteiger partial charge in [-0.2, -0.15) is 5.10 Å². The normalized spacial score (nSPS) is 15.1. The predicted molar refractivity (Wildman–Crippen MR) is 86.5 cm³/mol. The number of benzene rings is 1. The Morgan fingerprint density at radius 2 is 2.00 bits per heavy atom. The molecule has 116 valence electrons. The van der Waals surface area contributed by atoms with Gasteiger partial charge in [-0.15, -0.1) is 0 Å². The van der Waals surface area contributed by atoms with Crippen LogP contribution < -0.4 is 5.32 Å². The van der Waals surface area contributed by atoms with Gasteiger partial charge in [0.05, 0.1) is 23.1 Å². The molecule has 2 aromatic rings. The molecule has 22 heavy (non-hydrogen) atoms. The zero-order valence-electron chi connectivity index (χ0n) is 13.2. The highest BCUT2D eigenvalue weighted by atomic mass is 16.2. The van der Waals surface area contributed by atoms with Gasteiger partial charge in [-0.3, -0.25) is 4.79 Å². The SMILES string of the molecule is CCc1ccccc1-n1ncc(C(=O)N2CCNCC2)c1C. The Morgan fingerprint density at radius 1 is 1.27 bits per heavy atom. The fourth-order valence-corrected chi connectivity index (χ4v) is 2.92. The lowest BCUT2D eigenvalue weighted by atomic mass is 10.1. The lowest BCUT2D eigenvalue weighted by molar-refractivity contribution is 0.0735. The Bertz CT molecular complexity index is 671. The van der Waals surface area contributed by atoms with Gasteiger partial charge in [-0.25, -0.2) is 4.68 Å². The molecule has 1 amide bonds. The molecule has 3 rings (SSSR count). The van der Waals surface area contributed by atoms with E-state index in [4.69, 9.17) is 0 Å². The molecule has 1 saturated heterocycles. The first-order valence-corrected chi connectivity index (χ1v) is 7.85. The Hall–Kier alpha value is -2.14. The smallest absolute Gasteiger partial charge is 0.257 e. The largest absolute Gasteiger partial charge is 0.336 e. The molecule has 1 aliphatic rings. The molecule has 0 spiro atoms. The summed E-state index contributed by atoms with van der Waals surface area (Å²) in [6.07, 6.45) is 2.64. The lowest BCUT2D eigenvalue weighted by Crippen LogP contribution is -2.46. The van der Waals surface area contributed by atoms with E-state index in [1.165, 1.54) is 5.56 Å². The van der Waals surface area contributed by atoms with E-state index in [1.54, 1.807) is 6.20 Å². The molecule has 5 nitrogen and oxygen atoms in total. The summed E-state index contributed by atoms with van der Waals surface area (Å²) < 4.78 is 1.88. The van der Waals surface area contributed by atoms with Crippen LogP contribution in [0.25, 0.3) is 5.69 Å². The van der Waals surface area contributed by atoms with E-state index in [2.05, 4.69) is 29.5 Å². The van der Waals surface area contributed by atoms with Crippen LogP contribution in [0, 0.1) is 6.92 Å². The van der Waals surface area contributed by atoms with E-state index < -0.39 is 0 Å². The summed E-state index contributed by atoms with van der Waals surface area (Å²) in [5.41, 5.74) is 3.90. The molecule has 1 N–H and O–H groups in total. The number of carbonyl (C=O) groups excluding carboxylic acids is 1. The van der Waals surface area contributed by atoms with Crippen molar-refractivity contribution >= 4 is 5.91 Å². The van der Waals surface area contributed by atoms with Crippen molar-refractivity contribution in [3.63, 3.8) is 0 Å². The van der Waals surface area contributed by atoms with Crippen LogP contribution in [0.4, 0.5) is 0 Å². The highest BCUT2D eigenvalue weighted by Crippen LogP contribution is 2.19. The maximum atomic E-state index is 12.7. The zero-order valence-corrected chi connectivity index (χ0v) is 13.2. The van der Waals surface area contributed by atoms with Crippen molar-refractivity contribution in [2.24, 2.45) is 0 Å². The fourth-order valence-electron chi connectivity index (χ4n) is 2.92. The quantitative estimate of drug-likeness (QED) is 0.940. The predicted octanol–water partition coefficient (Wildman–Crippen LogP) is 1.79. The number of nitrogens with one attached hydrogen (secondary N) is 1. The molecule has 5 heteroatoms. The van der Waals surface area contributed by atoms with Crippen LogP contribution in [0.3, 0.4) is 0 Å². The van der Waals surface area contributed by atoms with Gasteiger partial charge in [0.15, 0.2) is 0 Å². The van der Waals surface area contributed by atoms with E-state index in [9.17, 15) is 4.79 Å². The van der Waals surface area contributed by atoms with E-state index in [-0.39, 0.29) is 5.91 Å². The Labute approximate surface area is 130 Å². The number of hydrogen-bond acceptors (Lipinski definition) is 3. The van der Waals surface area contributed by atoms with Crippen LogP contribution in [0.15, 0.2) is 30.5 Å². The van der Waals surface area contributed by atoms with E-state index in [1.807, 2.05) is 28.6 Å². The van der Waals surface area contributed by atoms with Gasteiger partial charge < -0.3 is 10.2 Å². The van der Waals surface area contributed by atoms with Gasteiger partial charge in [-0.05, 0) is 25.0 Å². The summed E-state index contributed by atoms with van der Waals surface area (Å²) in [7, 11) is 0. The number of rotatable bonds is 3. The van der Waals surface area contributed by atoms with Crippen LogP contribution >= 0.6 is 0 Å². The first kappa shape index (κ1) is 14.8. The number of para-hydroxylation sites is 1. The summed E-state index contributed by atoms with van der Waals surface area (Å²) >= 11 is 0. The van der Waals surface area contributed by atoms with E-state index in [0.717, 1.165) is 44.0 Å². The maximum Gasteiger partial charge on any atom is 0.257 e. The topological polar surface area (TPSA) is 50.2 Å². The van der Waals surface area contributed by atoms with Crippen LogP contribution in [0.5, 0.6) is 0 Å². The van der Waals surface area contributed by atoms with Crippen molar-refractivity contribution in [2.75, 3.05) is 26.2 Å². The van der Waals surface area contributed by atoms with Gasteiger partial charge in [0.1, 0.15) is 0 Å². The summed E-state index contributed by atoms with van der Waals surface area (Å²) in [6, 6.07) is 8.20. The molecule has 1 aromatic heterocycles. The standard InChI is InChI=1S/C17H22N4O/c1-3-14-6-4-5-7-16(14)21-13(2)15(12-19-21)17(22)20-10-8-18-9-11-20/h4-7,12,18H,3,8-11H2,1-2H3. The summed E-state index contributed by atoms with van der Waals surface area (Å²) in [5.74, 6) is 0.0826. The number of nitrogens with zero attached hydrogens (tertiary/aromatic N) is 3. The average Bonchev–Trinajstić information content (AvgIpc) is 2.96. The Kier molecular flexibility index (Phi) is 4.24. The van der Waals surface area contributed by atoms with Crippen LogP contribution in [0.1, 0.15) is 28.5 Å². The Balaban J connectivity index is 1.93. The van der Waals surface area contributed by atoms with E-state index in [0.29, 0.717) is 5.56 Å². The third-order valence-electron chi connectivity index (χ3n) is 4.25. The lowest BCUT2D eigenvalue weighted by Gasteiger charge is -2.27. The van der Waals surface area contributed by atoms with Crippen molar-refractivity contribution in [2.45, 2.75) is 20.3 Å². The van der Waals surface area contributed by atoms with Crippen LogP contribution in [-0.4, -0.2) is 46.8 Å². The van der Waals surface area contributed by atoms with Crippen molar-refractivity contribution in [1.82, 2.24) is 20.0 Å². The monoisotopic (exact) mass is 298 g/mol. The summed E-state index contributed by atoms with van der Waals surface area (Å²) in [4.78, 5) is 14.6. The maximum absolute atomic E-state index is 12.7. The molecule has 0 radical (unpaired) electrons. The van der Waals surface area contributed by atoms with Gasteiger partial charge in [0, 0.05) is 26.2 Å². The molecule has 1 aromatic carbocycles. The fraction of sp³-hybridized carbons (Fsp3) is 0.412. The summed E-state index contributed by atoms with van der Waals surface area (Å²) in [6.45, 7) is 7.33. The van der Waals surface area contributed by atoms with Crippen molar-refractivity contribution in [3.05, 3.63) is 47.3 Å². The first-order valence-electron chi connectivity index (χ1n) is 7.85. The van der Waals surface area contributed by atoms with Crippen molar-refractivity contribution in [3.8, 4) is 5.69 Å². The van der Waals surface area contributed by atoms with Crippen molar-refractivity contribution < 1.29 is 4.79 Å². The summed E-state index contributed by atoms with van der Waals surface area (Å²) in [5, 5.41) is 7.73. The molecule has 0 aliphatic carbocycles. The highest BCUT2D eigenvalue weighted by molar-refractivity contribution is 5.95. The molecule has 1 fully saturated rings. The van der Waals surface area contributed by atoms with Gasteiger partial charge >= 0.3 is 0 Å². The second-order valence-electron chi connectivity index (χ2n) is 5.58. The second-order valence-corrected chi connectivity index (χ2v) is 5.58. The molecule has 0 atom stereocenters. The number of hydrogen-bond donors (Lipinski definition) is 1. The number of aromatic nitrogens is 2. The third-order valence-corrected chi connectivity index (χ3v) is 4.25. The van der Waals surface area contributed by atoms with E-state index >= 15 is 0 Å². The minimum Gasteiger partial charge on any atom is -0.336 e. The first-order chi connectivity index (χ1) is 10.7. The van der Waals surface area contributed by atoms with Gasteiger partial charge in [0.25, 0.3) is 5.91 Å². The zero-order chi connectivity index (χ0) is 15.5. The van der Waals surface area contributed by atoms with Crippen LogP contribution in [0.2, 0.25) is 0 Å². The van der Waals surface area contributed by atoms with Crippen molar-refractivity contribution in [1.29, 1.82) is 0 Å².